The molecule has 2 unspecified atom stereocenters. The number of nitro benzene ring substituents is 1. The molecule has 3 N–H and O–H groups in total. The predicted octanol–water partition coefficient (Wildman–Crippen LogP) is 6.52. The number of nitro groups is 1. The third kappa shape index (κ3) is 6.30. The number of pyridine rings is 1. The lowest BCUT2D eigenvalue weighted by Gasteiger charge is -2.50. The fourth-order valence-corrected chi connectivity index (χ4v) is 6.09. The van der Waals surface area contributed by atoms with Crippen LogP contribution in [0.4, 0.5) is 30.4 Å². The van der Waals surface area contributed by atoms with Gasteiger partial charge in [0.25, 0.3) is 5.69 Å². The second-order valence-corrected chi connectivity index (χ2v) is 10.6. The lowest BCUT2D eigenvalue weighted by atomic mass is 9.67. The van der Waals surface area contributed by atoms with Crippen LogP contribution in [0.5, 0.6) is 5.75 Å². The number of benzene rings is 2. The summed E-state index contributed by atoms with van der Waals surface area (Å²) in [5.74, 6) is 0.539. The van der Waals surface area contributed by atoms with Gasteiger partial charge in [-0.15, -0.1) is 13.2 Å². The topological polar surface area (TPSA) is 107 Å². The van der Waals surface area contributed by atoms with Crippen molar-refractivity contribution in [2.24, 2.45) is 11.7 Å². The van der Waals surface area contributed by atoms with E-state index in [0.717, 1.165) is 57.3 Å². The molecule has 1 saturated heterocycles. The van der Waals surface area contributed by atoms with E-state index in [9.17, 15) is 23.3 Å². The Hall–Kier alpha value is -3.86. The van der Waals surface area contributed by atoms with Gasteiger partial charge in [-0.25, -0.2) is 4.98 Å². The molecular formula is C29H32F3N5O3. The van der Waals surface area contributed by atoms with Crippen LogP contribution in [0.25, 0.3) is 11.1 Å². The fourth-order valence-electron chi connectivity index (χ4n) is 6.09. The van der Waals surface area contributed by atoms with E-state index < -0.39 is 16.8 Å². The number of nitrogens with one attached hydrogen (secondary N) is 1. The van der Waals surface area contributed by atoms with Gasteiger partial charge >= 0.3 is 6.36 Å². The molecule has 1 saturated carbocycles. The summed E-state index contributed by atoms with van der Waals surface area (Å²) in [6.07, 6.45) is 2.63. The smallest absolute Gasteiger partial charge is 0.406 e. The van der Waals surface area contributed by atoms with Gasteiger partial charge < -0.3 is 20.7 Å². The highest BCUT2D eigenvalue weighted by atomic mass is 19.4. The third-order valence-corrected chi connectivity index (χ3v) is 8.09. The zero-order valence-electron chi connectivity index (χ0n) is 21.9. The first kappa shape index (κ1) is 27.7. The van der Waals surface area contributed by atoms with Crippen molar-refractivity contribution in [2.45, 2.75) is 56.5 Å². The maximum atomic E-state index is 12.7. The third-order valence-electron chi connectivity index (χ3n) is 8.09. The lowest BCUT2D eigenvalue weighted by Crippen LogP contribution is -2.64. The van der Waals surface area contributed by atoms with Gasteiger partial charge in [0.2, 0.25) is 0 Å². The van der Waals surface area contributed by atoms with Crippen LogP contribution in [-0.2, 0) is 0 Å². The first-order chi connectivity index (χ1) is 19.1. The number of halogens is 3. The van der Waals surface area contributed by atoms with Gasteiger partial charge in [-0.2, -0.15) is 0 Å². The molecule has 2 heterocycles. The fraction of sp³-hybridized carbons (Fsp3) is 0.414. The van der Waals surface area contributed by atoms with E-state index in [1.807, 2.05) is 6.07 Å². The molecule has 1 aliphatic heterocycles. The molecule has 5 rings (SSSR count). The zero-order valence-corrected chi connectivity index (χ0v) is 21.9. The summed E-state index contributed by atoms with van der Waals surface area (Å²) in [6, 6.07) is 16.1. The Morgan fingerprint density at radius 2 is 1.82 bits per heavy atom. The molecule has 1 aliphatic carbocycles. The molecule has 8 nitrogen and oxygen atoms in total. The summed E-state index contributed by atoms with van der Waals surface area (Å²) in [7, 11) is 0. The Labute approximate surface area is 230 Å². The molecule has 0 radical (unpaired) electrons. The van der Waals surface area contributed by atoms with Crippen LogP contribution < -0.4 is 20.7 Å². The second kappa shape index (κ2) is 11.3. The van der Waals surface area contributed by atoms with Crippen LogP contribution in [0.15, 0.2) is 66.9 Å². The second-order valence-electron chi connectivity index (χ2n) is 10.6. The number of piperidine rings is 1. The van der Waals surface area contributed by atoms with Gasteiger partial charge in [0.15, 0.2) is 0 Å². The van der Waals surface area contributed by atoms with Crippen LogP contribution in [-0.4, -0.2) is 40.9 Å². The lowest BCUT2D eigenvalue weighted by molar-refractivity contribution is -0.384. The molecule has 40 heavy (non-hydrogen) atoms. The molecule has 11 heteroatoms. The van der Waals surface area contributed by atoms with E-state index in [4.69, 9.17) is 5.73 Å². The Morgan fingerprint density at radius 3 is 2.58 bits per heavy atom. The molecule has 3 aromatic rings. The number of aromatic nitrogens is 1. The normalized spacial score (nSPS) is 23.4. The Morgan fingerprint density at radius 1 is 1.05 bits per heavy atom. The first-order valence-corrected chi connectivity index (χ1v) is 13.5. The van der Waals surface area contributed by atoms with Crippen LogP contribution in [0.3, 0.4) is 0 Å². The highest BCUT2D eigenvalue weighted by Crippen LogP contribution is 2.40. The number of anilines is 2. The molecule has 2 fully saturated rings. The highest BCUT2D eigenvalue weighted by Gasteiger charge is 2.45. The van der Waals surface area contributed by atoms with Crippen molar-refractivity contribution in [3.05, 3.63) is 77.0 Å². The van der Waals surface area contributed by atoms with Crippen LogP contribution in [0.2, 0.25) is 0 Å². The first-order valence-electron chi connectivity index (χ1n) is 13.5. The maximum absolute atomic E-state index is 12.7. The largest absolute Gasteiger partial charge is 0.573 e. The Bertz CT molecular complexity index is 1340. The average molecular weight is 556 g/mol. The molecule has 212 valence electrons. The molecular weight excluding hydrogens is 523 g/mol. The van der Waals surface area contributed by atoms with Crippen molar-refractivity contribution < 1.29 is 22.8 Å². The van der Waals surface area contributed by atoms with Gasteiger partial charge in [0.1, 0.15) is 11.6 Å². The molecule has 2 aliphatic rings. The molecule has 1 aromatic heterocycles. The van der Waals surface area contributed by atoms with Crippen molar-refractivity contribution in [1.82, 2.24) is 4.98 Å². The predicted molar refractivity (Wildman–Crippen MR) is 147 cm³/mol. The van der Waals surface area contributed by atoms with Crippen LogP contribution >= 0.6 is 0 Å². The molecule has 3 atom stereocenters. The van der Waals surface area contributed by atoms with E-state index in [2.05, 4.69) is 19.9 Å². The number of non-ortho nitro benzene ring substituents is 1. The van der Waals surface area contributed by atoms with Gasteiger partial charge in [-0.1, -0.05) is 25.0 Å². The monoisotopic (exact) mass is 555 g/mol. The van der Waals surface area contributed by atoms with E-state index in [-0.39, 0.29) is 23.4 Å². The Balaban J connectivity index is 1.33. The van der Waals surface area contributed by atoms with Crippen molar-refractivity contribution in [2.75, 3.05) is 23.3 Å². The summed E-state index contributed by atoms with van der Waals surface area (Å²) >= 11 is 0. The van der Waals surface area contributed by atoms with E-state index in [1.54, 1.807) is 30.5 Å². The molecule has 0 bridgehead atoms. The van der Waals surface area contributed by atoms with Gasteiger partial charge in [-0.3, -0.25) is 10.1 Å². The van der Waals surface area contributed by atoms with E-state index in [0.29, 0.717) is 16.9 Å². The van der Waals surface area contributed by atoms with Gasteiger partial charge in [-0.05, 0) is 79.1 Å². The van der Waals surface area contributed by atoms with Gasteiger partial charge in [0.05, 0.1) is 4.92 Å². The average Bonchev–Trinajstić information content (AvgIpc) is 2.94. The Kier molecular flexibility index (Phi) is 7.84. The minimum absolute atomic E-state index is 0.0364. The van der Waals surface area contributed by atoms with Crippen molar-refractivity contribution in [1.29, 1.82) is 0 Å². The number of alkyl halides is 3. The minimum Gasteiger partial charge on any atom is -0.406 e. The van der Waals surface area contributed by atoms with Crippen molar-refractivity contribution >= 4 is 17.2 Å². The van der Waals surface area contributed by atoms with E-state index in [1.165, 1.54) is 30.3 Å². The SMILES string of the molecule is N[C@]1(C2CCCN(c3ccc([N+](=O)[O-])cc3)C2)CCCCC1Nc1cc(-c2cccc(OC(F)(F)F)c2)ccn1. The maximum Gasteiger partial charge on any atom is 0.573 e. The quantitative estimate of drug-likeness (QED) is 0.252. The van der Waals surface area contributed by atoms with Crippen LogP contribution in [0, 0.1) is 16.0 Å². The number of nitrogens with zero attached hydrogens (tertiary/aromatic N) is 3. The zero-order chi connectivity index (χ0) is 28.3. The summed E-state index contributed by atoms with van der Waals surface area (Å²) in [4.78, 5) is 17.4. The summed E-state index contributed by atoms with van der Waals surface area (Å²) in [6.45, 7) is 1.62. The number of hydrogen-bond acceptors (Lipinski definition) is 7. The summed E-state index contributed by atoms with van der Waals surface area (Å²) in [5, 5.41) is 14.6. The number of rotatable bonds is 7. The standard InChI is InChI=1S/C29H32F3N5O3/c30-29(31,32)40-25-7-3-5-20(17-25)21-13-15-34-27(18-21)35-26-8-1-2-14-28(26,33)22-6-4-16-36(19-22)23-9-11-24(12-10-23)37(38)39/h3,5,7,9-13,15,17-18,22,26H,1-2,4,6,8,14,16,19,33H2,(H,34,35)/t22?,26?,28-/m0/s1. The minimum atomic E-state index is -4.76. The molecule has 0 spiro atoms. The van der Waals surface area contributed by atoms with Gasteiger partial charge in [0, 0.05) is 48.7 Å². The molecule has 2 aromatic carbocycles. The number of hydrogen-bond donors (Lipinski definition) is 2. The van der Waals surface area contributed by atoms with Crippen molar-refractivity contribution in [3.8, 4) is 16.9 Å². The van der Waals surface area contributed by atoms with Crippen molar-refractivity contribution in [3.63, 3.8) is 0 Å². The summed E-state index contributed by atoms with van der Waals surface area (Å²) in [5.41, 5.74) is 9.05. The van der Waals surface area contributed by atoms with Crippen LogP contribution in [0.1, 0.15) is 38.5 Å². The summed E-state index contributed by atoms with van der Waals surface area (Å²) < 4.78 is 42.2. The number of nitrogens with two attached hydrogens (primary N) is 1. The number of ether oxygens (including phenoxy) is 1. The van der Waals surface area contributed by atoms with E-state index >= 15 is 0 Å². The highest BCUT2D eigenvalue weighted by molar-refractivity contribution is 5.67. The molecule has 0 amide bonds.